The van der Waals surface area contributed by atoms with Crippen molar-refractivity contribution in [1.29, 1.82) is 0 Å². The third-order valence-corrected chi connectivity index (χ3v) is 6.93. The Morgan fingerprint density at radius 1 is 1.07 bits per heavy atom. The third kappa shape index (κ3) is 4.99. The number of carbonyl (C=O) groups is 2. The van der Waals surface area contributed by atoms with Gasteiger partial charge in [-0.1, -0.05) is 17.7 Å². The van der Waals surface area contributed by atoms with Crippen LogP contribution in [0.15, 0.2) is 41.3 Å². The Morgan fingerprint density at radius 3 is 2.40 bits per heavy atom. The molecule has 0 atom stereocenters. The molecule has 1 saturated heterocycles. The largest absolute Gasteiger partial charge is 0.379 e. The second kappa shape index (κ2) is 9.13. The molecule has 160 valence electrons. The number of morpholine rings is 1. The van der Waals surface area contributed by atoms with Gasteiger partial charge in [-0.05, 0) is 42.8 Å². The lowest BCUT2D eigenvalue weighted by Crippen LogP contribution is -2.40. The lowest BCUT2D eigenvalue weighted by Gasteiger charge is -2.26. The Morgan fingerprint density at radius 2 is 1.77 bits per heavy atom. The zero-order valence-corrected chi connectivity index (χ0v) is 18.1. The summed E-state index contributed by atoms with van der Waals surface area (Å²) in [6, 6.07) is 9.21. The molecular formula is C20H22ClN3O5S. The van der Waals surface area contributed by atoms with Crippen LogP contribution < -0.4 is 10.6 Å². The number of benzene rings is 2. The van der Waals surface area contributed by atoms with Gasteiger partial charge in [-0.25, -0.2) is 8.42 Å². The van der Waals surface area contributed by atoms with Gasteiger partial charge in [-0.15, -0.1) is 0 Å². The van der Waals surface area contributed by atoms with Gasteiger partial charge in [0.25, 0.3) is 5.91 Å². The summed E-state index contributed by atoms with van der Waals surface area (Å²) in [6.07, 6.45) is 0. The molecule has 2 N–H and O–H groups in total. The van der Waals surface area contributed by atoms with Crippen LogP contribution in [0.3, 0.4) is 0 Å². The molecule has 1 aliphatic heterocycles. The van der Waals surface area contributed by atoms with Crippen molar-refractivity contribution >= 4 is 44.8 Å². The monoisotopic (exact) mass is 451 g/mol. The average molecular weight is 452 g/mol. The van der Waals surface area contributed by atoms with Crippen molar-refractivity contribution in [2.24, 2.45) is 0 Å². The topological polar surface area (TPSA) is 105 Å². The van der Waals surface area contributed by atoms with Crippen molar-refractivity contribution in [3.8, 4) is 0 Å². The van der Waals surface area contributed by atoms with E-state index in [0.717, 1.165) is 0 Å². The molecule has 1 fully saturated rings. The molecule has 2 amide bonds. The van der Waals surface area contributed by atoms with Gasteiger partial charge in [0, 0.05) is 31.3 Å². The SMILES string of the molecule is CC(=O)Nc1ccc(NC(=O)c2ccc(C)c(S(=O)(=O)N3CCOCC3)c2)c(Cl)c1. The molecule has 8 nitrogen and oxygen atoms in total. The van der Waals surface area contributed by atoms with E-state index in [0.29, 0.717) is 30.2 Å². The van der Waals surface area contributed by atoms with Crippen molar-refractivity contribution in [2.45, 2.75) is 18.7 Å². The van der Waals surface area contributed by atoms with E-state index in [1.165, 1.54) is 23.4 Å². The van der Waals surface area contributed by atoms with E-state index < -0.39 is 15.9 Å². The summed E-state index contributed by atoms with van der Waals surface area (Å²) in [5, 5.41) is 5.51. The van der Waals surface area contributed by atoms with Crippen molar-refractivity contribution in [3.05, 3.63) is 52.5 Å². The third-order valence-electron chi connectivity index (χ3n) is 4.58. The molecule has 1 heterocycles. The first-order chi connectivity index (χ1) is 14.2. The minimum atomic E-state index is -3.74. The highest BCUT2D eigenvalue weighted by atomic mass is 35.5. The Balaban J connectivity index is 1.84. The first kappa shape index (κ1) is 22.2. The molecule has 0 unspecified atom stereocenters. The molecule has 0 aliphatic carbocycles. The van der Waals surface area contributed by atoms with Crippen LogP contribution in [0.2, 0.25) is 5.02 Å². The van der Waals surface area contributed by atoms with E-state index in [9.17, 15) is 18.0 Å². The van der Waals surface area contributed by atoms with Crippen LogP contribution in [-0.2, 0) is 19.6 Å². The first-order valence-corrected chi connectivity index (χ1v) is 11.1. The fourth-order valence-electron chi connectivity index (χ4n) is 3.04. The maximum atomic E-state index is 13.0. The summed E-state index contributed by atoms with van der Waals surface area (Å²) in [5.41, 5.74) is 1.58. The van der Waals surface area contributed by atoms with Crippen molar-refractivity contribution < 1.29 is 22.7 Å². The van der Waals surface area contributed by atoms with E-state index in [4.69, 9.17) is 16.3 Å². The maximum absolute atomic E-state index is 13.0. The summed E-state index contributed by atoms with van der Waals surface area (Å²) in [5.74, 6) is -0.737. The molecule has 0 radical (unpaired) electrons. The van der Waals surface area contributed by atoms with Crippen LogP contribution in [0, 0.1) is 6.92 Å². The van der Waals surface area contributed by atoms with E-state index in [1.807, 2.05) is 0 Å². The highest BCUT2D eigenvalue weighted by Gasteiger charge is 2.28. The molecule has 2 aromatic rings. The molecule has 3 rings (SSSR count). The van der Waals surface area contributed by atoms with Crippen LogP contribution in [0.5, 0.6) is 0 Å². The number of amides is 2. The molecule has 0 aromatic heterocycles. The maximum Gasteiger partial charge on any atom is 0.255 e. The van der Waals surface area contributed by atoms with Gasteiger partial charge in [-0.3, -0.25) is 9.59 Å². The Kier molecular flexibility index (Phi) is 6.77. The smallest absolute Gasteiger partial charge is 0.255 e. The van der Waals surface area contributed by atoms with Crippen LogP contribution >= 0.6 is 11.6 Å². The number of hydrogen-bond donors (Lipinski definition) is 2. The van der Waals surface area contributed by atoms with Crippen LogP contribution in [-0.4, -0.2) is 50.8 Å². The van der Waals surface area contributed by atoms with Gasteiger partial charge < -0.3 is 15.4 Å². The number of aryl methyl sites for hydroxylation is 1. The normalized spacial score (nSPS) is 14.9. The minimum absolute atomic E-state index is 0.0872. The summed E-state index contributed by atoms with van der Waals surface area (Å²) >= 11 is 6.19. The highest BCUT2D eigenvalue weighted by molar-refractivity contribution is 7.89. The fourth-order valence-corrected chi connectivity index (χ4v) is 4.92. The number of nitrogens with zero attached hydrogens (tertiary/aromatic N) is 1. The van der Waals surface area contributed by atoms with E-state index in [2.05, 4.69) is 10.6 Å². The lowest BCUT2D eigenvalue weighted by molar-refractivity contribution is -0.114. The van der Waals surface area contributed by atoms with Gasteiger partial charge in [-0.2, -0.15) is 4.31 Å². The summed E-state index contributed by atoms with van der Waals surface area (Å²) < 4.78 is 32.6. The zero-order chi connectivity index (χ0) is 21.9. The number of anilines is 2. The van der Waals surface area contributed by atoms with Crippen LogP contribution in [0.25, 0.3) is 0 Å². The summed E-state index contributed by atoms with van der Waals surface area (Å²) in [7, 11) is -3.74. The van der Waals surface area contributed by atoms with Crippen LogP contribution in [0.1, 0.15) is 22.8 Å². The minimum Gasteiger partial charge on any atom is -0.379 e. The van der Waals surface area contributed by atoms with Gasteiger partial charge >= 0.3 is 0 Å². The number of nitrogens with one attached hydrogen (secondary N) is 2. The number of rotatable bonds is 5. The van der Waals surface area contributed by atoms with Crippen molar-refractivity contribution in [1.82, 2.24) is 4.31 Å². The fraction of sp³-hybridized carbons (Fsp3) is 0.300. The summed E-state index contributed by atoms with van der Waals surface area (Å²) in [6.45, 7) is 4.29. The van der Waals surface area contributed by atoms with E-state index in [1.54, 1.807) is 31.2 Å². The average Bonchev–Trinajstić information content (AvgIpc) is 2.70. The quantitative estimate of drug-likeness (QED) is 0.727. The predicted molar refractivity (Wildman–Crippen MR) is 114 cm³/mol. The second-order valence-electron chi connectivity index (χ2n) is 6.83. The number of ether oxygens (including phenoxy) is 1. The summed E-state index contributed by atoms with van der Waals surface area (Å²) in [4.78, 5) is 24.0. The Hall–Kier alpha value is -2.46. The van der Waals surface area contributed by atoms with E-state index >= 15 is 0 Å². The zero-order valence-electron chi connectivity index (χ0n) is 16.6. The van der Waals surface area contributed by atoms with Gasteiger partial charge in [0.2, 0.25) is 15.9 Å². The molecule has 0 spiro atoms. The Bertz CT molecular complexity index is 1080. The number of sulfonamides is 1. The van der Waals surface area contributed by atoms with E-state index in [-0.39, 0.29) is 34.5 Å². The number of halogens is 1. The molecule has 0 bridgehead atoms. The number of hydrogen-bond acceptors (Lipinski definition) is 5. The van der Waals surface area contributed by atoms with Crippen molar-refractivity contribution in [3.63, 3.8) is 0 Å². The molecule has 0 saturated carbocycles. The van der Waals surface area contributed by atoms with Gasteiger partial charge in [0.1, 0.15) is 0 Å². The second-order valence-corrected chi connectivity index (χ2v) is 9.14. The molecular weight excluding hydrogens is 430 g/mol. The van der Waals surface area contributed by atoms with Gasteiger partial charge in [0.05, 0.1) is 28.8 Å². The van der Waals surface area contributed by atoms with Gasteiger partial charge in [0.15, 0.2) is 0 Å². The standard InChI is InChI=1S/C20H22ClN3O5S/c1-13-3-4-15(11-19(13)30(27,28)24-7-9-29-10-8-24)20(26)23-18-6-5-16(12-17(18)21)22-14(2)25/h3-6,11-12H,7-10H2,1-2H3,(H,22,25)(H,23,26). The molecule has 1 aliphatic rings. The Labute approximate surface area is 180 Å². The first-order valence-electron chi connectivity index (χ1n) is 9.25. The van der Waals surface area contributed by atoms with Crippen LogP contribution in [0.4, 0.5) is 11.4 Å². The lowest BCUT2D eigenvalue weighted by atomic mass is 10.1. The van der Waals surface area contributed by atoms with Crippen molar-refractivity contribution in [2.75, 3.05) is 36.9 Å². The molecule has 10 heteroatoms. The number of carbonyl (C=O) groups excluding carboxylic acids is 2. The predicted octanol–water partition coefficient (Wildman–Crippen LogP) is 2.88. The highest BCUT2D eigenvalue weighted by Crippen LogP contribution is 2.27. The molecule has 30 heavy (non-hydrogen) atoms. The molecule has 2 aromatic carbocycles.